The summed E-state index contributed by atoms with van der Waals surface area (Å²) in [5, 5.41) is 0. The fourth-order valence-electron chi connectivity index (χ4n) is 1.68. The molecule has 1 unspecified atom stereocenters. The van der Waals surface area contributed by atoms with E-state index in [9.17, 15) is 4.79 Å². The number of carbonyl (C=O) groups excluding carboxylic acids is 1. The quantitative estimate of drug-likeness (QED) is 0.462. The van der Waals surface area contributed by atoms with Gasteiger partial charge in [-0.25, -0.2) is 4.79 Å². The third-order valence-electron chi connectivity index (χ3n) is 2.87. The lowest BCUT2D eigenvalue weighted by Gasteiger charge is -2.15. The third-order valence-corrected chi connectivity index (χ3v) is 2.87. The number of anilines is 1. The molecule has 4 heteroatoms. The molecular weight excluding hydrogens is 228 g/mol. The van der Waals surface area contributed by atoms with Crippen LogP contribution in [0.1, 0.15) is 55.1 Å². The van der Waals surface area contributed by atoms with Gasteiger partial charge in [-0.15, -0.1) is 0 Å². The summed E-state index contributed by atoms with van der Waals surface area (Å²) in [4.78, 5) is 12.0. The summed E-state index contributed by atoms with van der Waals surface area (Å²) in [6, 6.07) is 4.95. The van der Waals surface area contributed by atoms with Gasteiger partial charge in [-0.05, 0) is 36.6 Å². The molecule has 18 heavy (non-hydrogen) atoms. The van der Waals surface area contributed by atoms with Crippen molar-refractivity contribution >= 4 is 11.7 Å². The van der Waals surface area contributed by atoms with Gasteiger partial charge in [0.2, 0.25) is 0 Å². The molecule has 4 nitrogen and oxygen atoms in total. The van der Waals surface area contributed by atoms with Crippen LogP contribution in [0.3, 0.4) is 0 Å². The average molecular weight is 250 g/mol. The molecule has 4 N–H and O–H groups in total. The molecule has 1 aromatic carbocycles. The number of carbonyl (C=O) groups is 1. The fourth-order valence-corrected chi connectivity index (χ4v) is 1.68. The fraction of sp³-hybridized carbons (Fsp3) is 0.500. The van der Waals surface area contributed by atoms with Crippen molar-refractivity contribution in [3.8, 4) is 0 Å². The Labute approximate surface area is 108 Å². The summed E-state index contributed by atoms with van der Waals surface area (Å²) in [7, 11) is 0. The second kappa shape index (κ2) is 7.01. The Bertz CT molecular complexity index is 405. The SMILES string of the molecule is CCCCOC(=O)c1ccc(N)cc1C(N)CC. The van der Waals surface area contributed by atoms with Gasteiger partial charge in [-0.1, -0.05) is 20.3 Å². The molecule has 1 aromatic rings. The summed E-state index contributed by atoms with van der Waals surface area (Å²) in [6.45, 7) is 4.47. The summed E-state index contributed by atoms with van der Waals surface area (Å²) in [5.41, 5.74) is 13.6. The van der Waals surface area contributed by atoms with Gasteiger partial charge in [0, 0.05) is 11.7 Å². The van der Waals surface area contributed by atoms with E-state index in [4.69, 9.17) is 16.2 Å². The minimum atomic E-state index is -0.317. The van der Waals surface area contributed by atoms with Crippen molar-refractivity contribution < 1.29 is 9.53 Å². The molecule has 0 aliphatic heterocycles. The van der Waals surface area contributed by atoms with Crippen LogP contribution in [0.5, 0.6) is 0 Å². The minimum absolute atomic E-state index is 0.192. The van der Waals surface area contributed by atoms with E-state index >= 15 is 0 Å². The Morgan fingerprint density at radius 3 is 2.72 bits per heavy atom. The van der Waals surface area contributed by atoms with Gasteiger partial charge in [-0.3, -0.25) is 0 Å². The van der Waals surface area contributed by atoms with Crippen LogP contribution >= 0.6 is 0 Å². The van der Waals surface area contributed by atoms with Crippen LogP contribution in [-0.2, 0) is 4.74 Å². The summed E-state index contributed by atoms with van der Waals surface area (Å²) < 4.78 is 5.21. The lowest BCUT2D eigenvalue weighted by Crippen LogP contribution is -2.16. The van der Waals surface area contributed by atoms with Gasteiger partial charge in [-0.2, -0.15) is 0 Å². The molecule has 1 rings (SSSR count). The zero-order chi connectivity index (χ0) is 13.5. The Morgan fingerprint density at radius 1 is 1.39 bits per heavy atom. The Balaban J connectivity index is 2.89. The summed E-state index contributed by atoms with van der Waals surface area (Å²) in [6.07, 6.45) is 2.62. The number of rotatable bonds is 6. The molecule has 0 heterocycles. The number of hydrogen-bond acceptors (Lipinski definition) is 4. The van der Waals surface area contributed by atoms with E-state index in [1.165, 1.54) is 0 Å². The van der Waals surface area contributed by atoms with Crippen molar-refractivity contribution in [3.05, 3.63) is 29.3 Å². The van der Waals surface area contributed by atoms with Crippen molar-refractivity contribution in [2.24, 2.45) is 5.73 Å². The van der Waals surface area contributed by atoms with E-state index < -0.39 is 0 Å². The highest BCUT2D eigenvalue weighted by molar-refractivity contribution is 5.91. The van der Waals surface area contributed by atoms with Crippen LogP contribution in [0.25, 0.3) is 0 Å². The Hall–Kier alpha value is -1.55. The highest BCUT2D eigenvalue weighted by Gasteiger charge is 2.16. The van der Waals surface area contributed by atoms with Crippen molar-refractivity contribution in [2.75, 3.05) is 12.3 Å². The van der Waals surface area contributed by atoms with E-state index in [1.54, 1.807) is 18.2 Å². The molecule has 0 saturated carbocycles. The normalized spacial score (nSPS) is 12.2. The largest absolute Gasteiger partial charge is 0.462 e. The Morgan fingerprint density at radius 2 is 2.11 bits per heavy atom. The van der Waals surface area contributed by atoms with E-state index in [2.05, 4.69) is 6.92 Å². The third kappa shape index (κ3) is 3.74. The second-order valence-electron chi connectivity index (χ2n) is 4.35. The van der Waals surface area contributed by atoms with E-state index in [1.807, 2.05) is 6.92 Å². The molecule has 0 amide bonds. The number of ether oxygens (including phenoxy) is 1. The molecule has 0 bridgehead atoms. The average Bonchev–Trinajstić information content (AvgIpc) is 2.37. The predicted octanol–water partition coefficient (Wildman–Crippen LogP) is 2.64. The molecular formula is C14H22N2O2. The molecule has 0 fully saturated rings. The summed E-state index contributed by atoms with van der Waals surface area (Å²) in [5.74, 6) is -0.317. The van der Waals surface area contributed by atoms with E-state index in [0.29, 0.717) is 17.9 Å². The summed E-state index contributed by atoms with van der Waals surface area (Å²) >= 11 is 0. The number of hydrogen-bond donors (Lipinski definition) is 2. The van der Waals surface area contributed by atoms with Crippen LogP contribution in [0, 0.1) is 0 Å². The number of benzene rings is 1. The van der Waals surface area contributed by atoms with Gasteiger partial charge in [0.15, 0.2) is 0 Å². The van der Waals surface area contributed by atoms with Gasteiger partial charge >= 0.3 is 5.97 Å². The molecule has 0 radical (unpaired) electrons. The highest BCUT2D eigenvalue weighted by atomic mass is 16.5. The van der Waals surface area contributed by atoms with Gasteiger partial charge in [0.1, 0.15) is 0 Å². The van der Waals surface area contributed by atoms with E-state index in [-0.39, 0.29) is 12.0 Å². The van der Waals surface area contributed by atoms with Gasteiger partial charge in [0.05, 0.1) is 12.2 Å². The van der Waals surface area contributed by atoms with Gasteiger partial charge in [0.25, 0.3) is 0 Å². The van der Waals surface area contributed by atoms with Crippen LogP contribution in [0.15, 0.2) is 18.2 Å². The highest BCUT2D eigenvalue weighted by Crippen LogP contribution is 2.22. The molecule has 0 aliphatic rings. The molecule has 0 aromatic heterocycles. The lowest BCUT2D eigenvalue weighted by molar-refractivity contribution is 0.0498. The first-order valence-corrected chi connectivity index (χ1v) is 6.42. The van der Waals surface area contributed by atoms with Gasteiger partial charge < -0.3 is 16.2 Å². The molecule has 1 atom stereocenters. The zero-order valence-electron chi connectivity index (χ0n) is 11.1. The number of nitrogens with two attached hydrogens (primary N) is 2. The maximum atomic E-state index is 12.0. The minimum Gasteiger partial charge on any atom is -0.462 e. The molecule has 0 spiro atoms. The first-order chi connectivity index (χ1) is 8.60. The number of nitrogen functional groups attached to an aromatic ring is 1. The number of unbranched alkanes of at least 4 members (excludes halogenated alkanes) is 1. The topological polar surface area (TPSA) is 78.3 Å². The monoisotopic (exact) mass is 250 g/mol. The zero-order valence-corrected chi connectivity index (χ0v) is 11.1. The Kier molecular flexibility index (Phi) is 5.65. The lowest BCUT2D eigenvalue weighted by atomic mass is 9.98. The molecule has 100 valence electrons. The molecule has 0 aliphatic carbocycles. The number of esters is 1. The van der Waals surface area contributed by atoms with Crippen molar-refractivity contribution in [1.29, 1.82) is 0 Å². The molecule has 0 saturated heterocycles. The van der Waals surface area contributed by atoms with Crippen LogP contribution in [0.4, 0.5) is 5.69 Å². The van der Waals surface area contributed by atoms with Crippen molar-refractivity contribution in [1.82, 2.24) is 0 Å². The second-order valence-corrected chi connectivity index (χ2v) is 4.35. The van der Waals surface area contributed by atoms with Crippen LogP contribution in [-0.4, -0.2) is 12.6 Å². The first-order valence-electron chi connectivity index (χ1n) is 6.42. The van der Waals surface area contributed by atoms with Crippen LogP contribution < -0.4 is 11.5 Å². The standard InChI is InChI=1S/C14H22N2O2/c1-3-5-8-18-14(17)11-7-6-10(15)9-12(11)13(16)4-2/h6-7,9,13H,3-5,8,15-16H2,1-2H3. The van der Waals surface area contributed by atoms with Crippen molar-refractivity contribution in [2.45, 2.75) is 39.2 Å². The first kappa shape index (κ1) is 14.5. The maximum absolute atomic E-state index is 12.0. The van der Waals surface area contributed by atoms with Crippen LogP contribution in [0.2, 0.25) is 0 Å². The smallest absolute Gasteiger partial charge is 0.338 e. The van der Waals surface area contributed by atoms with Crippen molar-refractivity contribution in [3.63, 3.8) is 0 Å². The van der Waals surface area contributed by atoms with E-state index in [0.717, 1.165) is 24.8 Å². The maximum Gasteiger partial charge on any atom is 0.338 e. The predicted molar refractivity (Wildman–Crippen MR) is 73.3 cm³/mol.